The maximum Gasteiger partial charge on any atom is 0.0492 e. The first kappa shape index (κ1) is 21.7. The van der Waals surface area contributed by atoms with Crippen LogP contribution in [0.4, 0.5) is 0 Å². The van der Waals surface area contributed by atoms with Gasteiger partial charge in [-0.05, 0) is 37.1 Å². The van der Waals surface area contributed by atoms with E-state index >= 15 is 0 Å². The molecular weight excluding hydrogens is 260 g/mol. The molecule has 0 unspecified atom stereocenters. The van der Waals surface area contributed by atoms with E-state index in [1.165, 1.54) is 11.9 Å². The highest BCUT2D eigenvalue weighted by Gasteiger charge is 2.03. The average Bonchev–Trinajstić information content (AvgIpc) is 2.96. The molecule has 0 aromatic carbocycles. The van der Waals surface area contributed by atoms with E-state index in [4.69, 9.17) is 5.73 Å². The molecule has 0 aliphatic carbocycles. The van der Waals surface area contributed by atoms with Crippen LogP contribution in [0.15, 0.2) is 29.5 Å². The quantitative estimate of drug-likeness (QED) is 0.844. The smallest absolute Gasteiger partial charge is 0.0492 e. The van der Waals surface area contributed by atoms with Gasteiger partial charge in [-0.15, -0.1) is 0 Å². The zero-order valence-electron chi connectivity index (χ0n) is 15.1. The number of hydrogen-bond donors (Lipinski definition) is 1. The Hall–Kier alpha value is -1.58. The van der Waals surface area contributed by atoms with Gasteiger partial charge in [0.2, 0.25) is 0 Å². The lowest BCUT2D eigenvalue weighted by Crippen LogP contribution is -2.03. The lowest BCUT2D eigenvalue weighted by Gasteiger charge is -2.06. The third-order valence-electron chi connectivity index (χ3n) is 2.76. The summed E-state index contributed by atoms with van der Waals surface area (Å²) in [7, 11) is 1.77. The molecule has 1 aromatic heterocycles. The van der Waals surface area contributed by atoms with Gasteiger partial charge >= 0.3 is 0 Å². The number of nitrogens with zero attached hydrogens (tertiary/aromatic N) is 3. The molecule has 1 rings (SSSR count). The van der Waals surface area contributed by atoms with Crippen molar-refractivity contribution in [2.75, 3.05) is 7.05 Å². The van der Waals surface area contributed by atoms with Crippen molar-refractivity contribution in [2.24, 2.45) is 16.6 Å². The van der Waals surface area contributed by atoms with E-state index in [1.54, 1.807) is 7.05 Å². The number of allylic oxidation sites excluding steroid dienone is 1. The van der Waals surface area contributed by atoms with Crippen LogP contribution in [0.3, 0.4) is 0 Å². The van der Waals surface area contributed by atoms with E-state index in [0.29, 0.717) is 11.8 Å². The predicted molar refractivity (Wildman–Crippen MR) is 94.9 cm³/mol. The van der Waals surface area contributed by atoms with Gasteiger partial charge in [-0.3, -0.25) is 9.67 Å². The monoisotopic (exact) mass is 294 g/mol. The molecule has 0 aliphatic heterocycles. The topological polar surface area (TPSA) is 56.2 Å². The SMILES string of the molecule is CC.CCn1nccc1C(C)C.CN=C(/C=C\N)C(C)C. The molecular formula is C17H34N4. The predicted octanol–water partition coefficient (Wildman–Crippen LogP) is 4.24. The Labute approximate surface area is 131 Å². The summed E-state index contributed by atoms with van der Waals surface area (Å²) < 4.78 is 2.03. The van der Waals surface area contributed by atoms with Crippen LogP contribution in [0.1, 0.15) is 60.1 Å². The lowest BCUT2D eigenvalue weighted by molar-refractivity contribution is 0.598. The van der Waals surface area contributed by atoms with Crippen LogP contribution < -0.4 is 5.73 Å². The van der Waals surface area contributed by atoms with Gasteiger partial charge in [-0.1, -0.05) is 41.5 Å². The molecule has 1 aromatic rings. The van der Waals surface area contributed by atoms with Crippen molar-refractivity contribution in [3.8, 4) is 0 Å². The normalized spacial score (nSPS) is 11.2. The third-order valence-corrected chi connectivity index (χ3v) is 2.76. The number of nitrogens with two attached hydrogens (primary N) is 1. The van der Waals surface area contributed by atoms with E-state index in [9.17, 15) is 0 Å². The molecule has 122 valence electrons. The first-order chi connectivity index (χ1) is 9.97. The first-order valence-corrected chi connectivity index (χ1v) is 7.84. The molecule has 4 heteroatoms. The molecule has 0 radical (unpaired) electrons. The highest BCUT2D eigenvalue weighted by Crippen LogP contribution is 2.12. The van der Waals surface area contributed by atoms with Gasteiger partial charge in [-0.25, -0.2) is 0 Å². The van der Waals surface area contributed by atoms with Crippen molar-refractivity contribution in [3.05, 3.63) is 30.2 Å². The van der Waals surface area contributed by atoms with Crippen LogP contribution in [0.25, 0.3) is 0 Å². The average molecular weight is 294 g/mol. The van der Waals surface area contributed by atoms with Gasteiger partial charge < -0.3 is 5.73 Å². The zero-order chi connectivity index (χ0) is 16.8. The first-order valence-electron chi connectivity index (χ1n) is 7.84. The maximum absolute atomic E-state index is 5.18. The minimum absolute atomic E-state index is 0.467. The second-order valence-corrected chi connectivity index (χ2v) is 4.89. The number of aromatic nitrogens is 2. The Balaban J connectivity index is 0. The molecule has 0 amide bonds. The molecule has 4 nitrogen and oxygen atoms in total. The van der Waals surface area contributed by atoms with Gasteiger partial charge in [-0.2, -0.15) is 5.10 Å². The van der Waals surface area contributed by atoms with Crippen LogP contribution in [0.2, 0.25) is 0 Å². The van der Waals surface area contributed by atoms with Gasteiger partial charge in [0.15, 0.2) is 0 Å². The van der Waals surface area contributed by atoms with Crippen molar-refractivity contribution in [1.29, 1.82) is 0 Å². The highest BCUT2D eigenvalue weighted by molar-refractivity contribution is 5.96. The zero-order valence-corrected chi connectivity index (χ0v) is 15.1. The molecule has 21 heavy (non-hydrogen) atoms. The molecule has 0 saturated heterocycles. The summed E-state index contributed by atoms with van der Waals surface area (Å²) in [6.45, 7) is 15.6. The van der Waals surface area contributed by atoms with E-state index in [-0.39, 0.29) is 0 Å². The molecule has 2 N–H and O–H groups in total. The van der Waals surface area contributed by atoms with Crippen LogP contribution in [0.5, 0.6) is 0 Å². The van der Waals surface area contributed by atoms with Gasteiger partial charge in [0.05, 0.1) is 0 Å². The van der Waals surface area contributed by atoms with Crippen molar-refractivity contribution >= 4 is 5.71 Å². The Bertz CT molecular complexity index is 401. The van der Waals surface area contributed by atoms with Crippen molar-refractivity contribution < 1.29 is 0 Å². The van der Waals surface area contributed by atoms with Gasteiger partial charge in [0.25, 0.3) is 0 Å². The van der Waals surface area contributed by atoms with Crippen LogP contribution in [0, 0.1) is 5.92 Å². The maximum atomic E-state index is 5.18. The molecule has 1 heterocycles. The Morgan fingerprint density at radius 1 is 1.33 bits per heavy atom. The number of rotatable bonds is 4. The van der Waals surface area contributed by atoms with E-state index < -0.39 is 0 Å². The molecule has 0 spiro atoms. The van der Waals surface area contributed by atoms with Gasteiger partial charge in [0, 0.05) is 31.2 Å². The fourth-order valence-corrected chi connectivity index (χ4v) is 1.72. The summed E-state index contributed by atoms with van der Waals surface area (Å²) in [5.74, 6) is 1.05. The number of hydrogen-bond acceptors (Lipinski definition) is 3. The van der Waals surface area contributed by atoms with E-state index in [1.807, 2.05) is 30.8 Å². The van der Waals surface area contributed by atoms with Crippen LogP contribution >= 0.6 is 0 Å². The fourth-order valence-electron chi connectivity index (χ4n) is 1.72. The van der Waals surface area contributed by atoms with E-state index in [2.05, 4.69) is 50.8 Å². The second-order valence-electron chi connectivity index (χ2n) is 4.89. The van der Waals surface area contributed by atoms with Crippen molar-refractivity contribution in [2.45, 2.75) is 60.9 Å². The Morgan fingerprint density at radius 2 is 1.90 bits per heavy atom. The summed E-state index contributed by atoms with van der Waals surface area (Å²) in [5.41, 5.74) is 7.54. The van der Waals surface area contributed by atoms with Crippen molar-refractivity contribution in [1.82, 2.24) is 9.78 Å². The third kappa shape index (κ3) is 9.05. The van der Waals surface area contributed by atoms with E-state index in [0.717, 1.165) is 12.3 Å². The summed E-state index contributed by atoms with van der Waals surface area (Å²) in [4.78, 5) is 4.03. The summed E-state index contributed by atoms with van der Waals surface area (Å²) in [6.07, 6.45) is 5.20. The molecule has 0 bridgehead atoms. The number of aliphatic imine (C=N–C) groups is 1. The van der Waals surface area contributed by atoms with Gasteiger partial charge in [0.1, 0.15) is 0 Å². The summed E-state index contributed by atoms with van der Waals surface area (Å²) in [5, 5.41) is 4.17. The number of aryl methyl sites for hydroxylation is 1. The Morgan fingerprint density at radius 3 is 2.14 bits per heavy atom. The fraction of sp³-hybridized carbons (Fsp3) is 0.647. The summed E-state index contributed by atoms with van der Waals surface area (Å²) in [6, 6.07) is 2.08. The molecule has 0 saturated carbocycles. The minimum atomic E-state index is 0.467. The standard InChI is InChI=1S/C8H14N2.C7H14N2.C2H6/c1-4-10-8(7(2)3)5-6-9-10;1-6(2)7(9-3)4-5-8;1-2/h5-7H,4H2,1-3H3;4-6H,8H2,1-3H3;1-2H3/b;5-4-,9-7?;. The molecule has 0 fully saturated rings. The van der Waals surface area contributed by atoms with Crippen LogP contribution in [-0.2, 0) is 6.54 Å². The Kier molecular flexibility index (Phi) is 13.9. The second kappa shape index (κ2) is 13.4. The lowest BCUT2D eigenvalue weighted by atomic mass is 10.1. The van der Waals surface area contributed by atoms with Crippen molar-refractivity contribution in [3.63, 3.8) is 0 Å². The minimum Gasteiger partial charge on any atom is -0.405 e. The highest BCUT2D eigenvalue weighted by atomic mass is 15.3. The largest absolute Gasteiger partial charge is 0.405 e. The molecule has 0 aliphatic rings. The molecule has 0 atom stereocenters. The summed E-state index contributed by atoms with van der Waals surface area (Å²) >= 11 is 0. The van der Waals surface area contributed by atoms with Crippen LogP contribution in [-0.4, -0.2) is 22.5 Å².